The Labute approximate surface area is 98.3 Å². The lowest BCUT2D eigenvalue weighted by atomic mass is 10.1. The molecule has 2 heteroatoms. The van der Waals surface area contributed by atoms with Crippen LogP contribution < -0.4 is 10.1 Å². The normalized spacial score (nSPS) is 12.9. The van der Waals surface area contributed by atoms with Crippen molar-refractivity contribution < 1.29 is 4.74 Å². The molecule has 0 fully saturated rings. The quantitative estimate of drug-likeness (QED) is 0.793. The SMILES string of the molecule is CCCNC(C)/C=C/c1cccc(OC)c1. The van der Waals surface area contributed by atoms with Crippen LogP contribution in [0.25, 0.3) is 6.08 Å². The van der Waals surface area contributed by atoms with E-state index in [1.165, 1.54) is 5.56 Å². The molecule has 0 bridgehead atoms. The lowest BCUT2D eigenvalue weighted by molar-refractivity contribution is 0.414. The second-order valence-electron chi connectivity index (χ2n) is 3.88. The molecule has 0 spiro atoms. The summed E-state index contributed by atoms with van der Waals surface area (Å²) in [4.78, 5) is 0. The summed E-state index contributed by atoms with van der Waals surface area (Å²) in [5.74, 6) is 0.899. The third-order valence-corrected chi connectivity index (χ3v) is 2.39. The summed E-state index contributed by atoms with van der Waals surface area (Å²) < 4.78 is 5.18. The molecule has 0 aliphatic heterocycles. The van der Waals surface area contributed by atoms with Gasteiger partial charge >= 0.3 is 0 Å². The Morgan fingerprint density at radius 3 is 2.94 bits per heavy atom. The minimum absolute atomic E-state index is 0.408. The van der Waals surface area contributed by atoms with E-state index >= 15 is 0 Å². The topological polar surface area (TPSA) is 21.3 Å². The Balaban J connectivity index is 2.54. The van der Waals surface area contributed by atoms with E-state index in [4.69, 9.17) is 4.74 Å². The van der Waals surface area contributed by atoms with E-state index in [9.17, 15) is 0 Å². The number of benzene rings is 1. The highest BCUT2D eigenvalue weighted by Gasteiger charge is 1.95. The first-order chi connectivity index (χ1) is 7.76. The molecule has 1 N–H and O–H groups in total. The molecule has 88 valence electrons. The van der Waals surface area contributed by atoms with Crippen molar-refractivity contribution in [2.75, 3.05) is 13.7 Å². The minimum atomic E-state index is 0.408. The highest BCUT2D eigenvalue weighted by Crippen LogP contribution is 2.13. The van der Waals surface area contributed by atoms with Crippen LogP contribution in [0.15, 0.2) is 30.3 Å². The Hall–Kier alpha value is -1.28. The van der Waals surface area contributed by atoms with Gasteiger partial charge in [-0.1, -0.05) is 31.2 Å². The molecule has 0 amide bonds. The molecule has 0 heterocycles. The van der Waals surface area contributed by atoms with Gasteiger partial charge in [-0.3, -0.25) is 0 Å². The van der Waals surface area contributed by atoms with Gasteiger partial charge in [0.1, 0.15) is 5.75 Å². The van der Waals surface area contributed by atoms with E-state index in [-0.39, 0.29) is 0 Å². The average molecular weight is 219 g/mol. The molecule has 0 radical (unpaired) electrons. The Morgan fingerprint density at radius 1 is 1.44 bits per heavy atom. The van der Waals surface area contributed by atoms with E-state index in [1.807, 2.05) is 18.2 Å². The summed E-state index contributed by atoms with van der Waals surface area (Å²) in [6.45, 7) is 5.39. The molecule has 2 nitrogen and oxygen atoms in total. The first-order valence-corrected chi connectivity index (χ1v) is 5.82. The van der Waals surface area contributed by atoms with Crippen molar-refractivity contribution in [3.8, 4) is 5.75 Å². The maximum absolute atomic E-state index is 5.18. The van der Waals surface area contributed by atoms with Gasteiger partial charge in [0.15, 0.2) is 0 Å². The molecule has 1 aromatic carbocycles. The van der Waals surface area contributed by atoms with Crippen LogP contribution in [0.3, 0.4) is 0 Å². The van der Waals surface area contributed by atoms with Gasteiger partial charge in [0, 0.05) is 6.04 Å². The Bertz CT molecular complexity index is 333. The molecule has 0 saturated carbocycles. The van der Waals surface area contributed by atoms with Gasteiger partial charge in [0.25, 0.3) is 0 Å². The number of ether oxygens (including phenoxy) is 1. The van der Waals surface area contributed by atoms with Crippen LogP contribution in [0.2, 0.25) is 0 Å². The van der Waals surface area contributed by atoms with Crippen LogP contribution in [-0.2, 0) is 0 Å². The zero-order valence-corrected chi connectivity index (χ0v) is 10.4. The highest BCUT2D eigenvalue weighted by atomic mass is 16.5. The van der Waals surface area contributed by atoms with Crippen molar-refractivity contribution in [3.63, 3.8) is 0 Å². The first-order valence-electron chi connectivity index (χ1n) is 5.82. The lowest BCUT2D eigenvalue weighted by Crippen LogP contribution is -2.24. The summed E-state index contributed by atoms with van der Waals surface area (Å²) in [7, 11) is 1.69. The maximum Gasteiger partial charge on any atom is 0.119 e. The van der Waals surface area contributed by atoms with Gasteiger partial charge in [0.05, 0.1) is 7.11 Å². The minimum Gasteiger partial charge on any atom is -0.497 e. The number of nitrogens with one attached hydrogen (secondary N) is 1. The number of rotatable bonds is 6. The summed E-state index contributed by atoms with van der Waals surface area (Å²) in [5, 5.41) is 3.41. The Kier molecular flexibility index (Phi) is 5.65. The van der Waals surface area contributed by atoms with E-state index in [1.54, 1.807) is 7.11 Å². The van der Waals surface area contributed by atoms with E-state index in [0.29, 0.717) is 6.04 Å². The molecule has 0 aromatic heterocycles. The molecule has 16 heavy (non-hydrogen) atoms. The largest absolute Gasteiger partial charge is 0.497 e. The number of hydrogen-bond acceptors (Lipinski definition) is 2. The van der Waals surface area contributed by atoms with E-state index in [0.717, 1.165) is 18.7 Å². The molecular weight excluding hydrogens is 198 g/mol. The fourth-order valence-corrected chi connectivity index (χ4v) is 1.44. The van der Waals surface area contributed by atoms with E-state index in [2.05, 4.69) is 37.4 Å². The summed E-state index contributed by atoms with van der Waals surface area (Å²) >= 11 is 0. The second kappa shape index (κ2) is 7.07. The molecule has 0 saturated heterocycles. The van der Waals surface area contributed by atoms with Crippen LogP contribution in [0.5, 0.6) is 5.75 Å². The molecule has 0 aliphatic carbocycles. The maximum atomic E-state index is 5.18. The van der Waals surface area contributed by atoms with Gasteiger partial charge in [-0.15, -0.1) is 0 Å². The fourth-order valence-electron chi connectivity index (χ4n) is 1.44. The molecule has 1 aromatic rings. The van der Waals surface area contributed by atoms with Crippen molar-refractivity contribution in [2.45, 2.75) is 26.3 Å². The second-order valence-corrected chi connectivity index (χ2v) is 3.88. The molecule has 1 unspecified atom stereocenters. The van der Waals surface area contributed by atoms with Gasteiger partial charge in [-0.25, -0.2) is 0 Å². The van der Waals surface area contributed by atoms with Gasteiger partial charge in [-0.05, 0) is 37.6 Å². The van der Waals surface area contributed by atoms with Crippen LogP contribution in [0, 0.1) is 0 Å². The molecular formula is C14H21NO. The van der Waals surface area contributed by atoms with Crippen LogP contribution in [-0.4, -0.2) is 19.7 Å². The highest BCUT2D eigenvalue weighted by molar-refractivity contribution is 5.52. The number of methoxy groups -OCH3 is 1. The molecule has 1 rings (SSSR count). The third kappa shape index (κ3) is 4.49. The van der Waals surface area contributed by atoms with Crippen molar-refractivity contribution >= 4 is 6.08 Å². The summed E-state index contributed by atoms with van der Waals surface area (Å²) in [5.41, 5.74) is 1.17. The van der Waals surface area contributed by atoms with Gasteiger partial charge < -0.3 is 10.1 Å². The summed E-state index contributed by atoms with van der Waals surface area (Å²) in [6.07, 6.45) is 5.46. The predicted molar refractivity (Wildman–Crippen MR) is 69.8 cm³/mol. The van der Waals surface area contributed by atoms with Gasteiger partial charge in [-0.2, -0.15) is 0 Å². The zero-order valence-electron chi connectivity index (χ0n) is 10.4. The zero-order chi connectivity index (χ0) is 11.8. The summed E-state index contributed by atoms with van der Waals surface area (Å²) in [6, 6.07) is 8.47. The molecule has 0 aliphatic rings. The average Bonchev–Trinajstić information content (AvgIpc) is 2.34. The van der Waals surface area contributed by atoms with Crippen LogP contribution >= 0.6 is 0 Å². The predicted octanol–water partition coefficient (Wildman–Crippen LogP) is 3.10. The lowest BCUT2D eigenvalue weighted by Gasteiger charge is -2.07. The van der Waals surface area contributed by atoms with Crippen molar-refractivity contribution in [1.29, 1.82) is 0 Å². The van der Waals surface area contributed by atoms with Crippen molar-refractivity contribution in [1.82, 2.24) is 5.32 Å². The fraction of sp³-hybridized carbons (Fsp3) is 0.429. The van der Waals surface area contributed by atoms with Crippen LogP contribution in [0.4, 0.5) is 0 Å². The van der Waals surface area contributed by atoms with Crippen molar-refractivity contribution in [2.24, 2.45) is 0 Å². The van der Waals surface area contributed by atoms with E-state index < -0.39 is 0 Å². The first kappa shape index (κ1) is 12.8. The van der Waals surface area contributed by atoms with Crippen molar-refractivity contribution in [3.05, 3.63) is 35.9 Å². The third-order valence-electron chi connectivity index (χ3n) is 2.39. The van der Waals surface area contributed by atoms with Gasteiger partial charge in [0.2, 0.25) is 0 Å². The number of hydrogen-bond donors (Lipinski definition) is 1. The Morgan fingerprint density at radius 2 is 2.25 bits per heavy atom. The molecule has 1 atom stereocenters. The monoisotopic (exact) mass is 219 g/mol. The smallest absolute Gasteiger partial charge is 0.119 e. The van der Waals surface area contributed by atoms with Crippen LogP contribution in [0.1, 0.15) is 25.8 Å². The standard InChI is InChI=1S/C14H21NO/c1-4-10-15-12(2)8-9-13-6-5-7-14(11-13)16-3/h5-9,11-12,15H,4,10H2,1-3H3/b9-8+.